The number of sulfonamides is 1. The van der Waals surface area contributed by atoms with Gasteiger partial charge in [0.05, 0.1) is 9.77 Å². The molecule has 0 bridgehead atoms. The second-order valence-corrected chi connectivity index (χ2v) is 6.28. The molecule has 0 fully saturated rings. The van der Waals surface area contributed by atoms with Gasteiger partial charge in [-0.2, -0.15) is 0 Å². The van der Waals surface area contributed by atoms with Crippen LogP contribution in [0.1, 0.15) is 29.9 Å². The summed E-state index contributed by atoms with van der Waals surface area (Å²) in [4.78, 5) is 11.8. The molecule has 2 N–H and O–H groups in total. The third kappa shape index (κ3) is 3.52. The largest absolute Gasteiger partial charge is 0.354 e. The molecule has 0 radical (unpaired) electrons. The normalized spacial score (nSPS) is 13.4. The molecule has 0 saturated carbocycles. The van der Waals surface area contributed by atoms with Crippen LogP contribution >= 0.6 is 11.3 Å². The topological polar surface area (TPSA) is 75.3 Å². The Morgan fingerprint density at radius 3 is 2.71 bits per heavy atom. The lowest BCUT2D eigenvalue weighted by molar-refractivity contribution is 0.0967. The SMILES string of the molecule is CCC(C)NS(=O)(=O)c1csc(C(=O)NC)c1. The van der Waals surface area contributed by atoms with E-state index in [9.17, 15) is 13.2 Å². The molecule has 1 unspecified atom stereocenters. The number of carbonyl (C=O) groups excluding carboxylic acids is 1. The summed E-state index contributed by atoms with van der Waals surface area (Å²) in [5.74, 6) is -0.278. The van der Waals surface area contributed by atoms with Crippen LogP contribution in [0.25, 0.3) is 0 Å². The van der Waals surface area contributed by atoms with E-state index in [1.165, 1.54) is 18.5 Å². The summed E-state index contributed by atoms with van der Waals surface area (Å²) in [5, 5.41) is 3.92. The van der Waals surface area contributed by atoms with E-state index < -0.39 is 10.0 Å². The number of hydrogen-bond acceptors (Lipinski definition) is 4. The zero-order valence-electron chi connectivity index (χ0n) is 9.98. The van der Waals surface area contributed by atoms with E-state index in [0.29, 0.717) is 11.3 Å². The van der Waals surface area contributed by atoms with Gasteiger partial charge in [0.2, 0.25) is 10.0 Å². The fourth-order valence-electron chi connectivity index (χ4n) is 1.12. The zero-order chi connectivity index (χ0) is 13.1. The Balaban J connectivity index is 2.93. The van der Waals surface area contributed by atoms with Crippen LogP contribution in [0.2, 0.25) is 0 Å². The molecule has 0 aliphatic heterocycles. The summed E-state index contributed by atoms with van der Waals surface area (Å²) >= 11 is 1.11. The first-order chi connectivity index (χ1) is 7.90. The highest BCUT2D eigenvalue weighted by atomic mass is 32.2. The van der Waals surface area contributed by atoms with Crippen LogP contribution in [-0.4, -0.2) is 27.4 Å². The molecule has 1 heterocycles. The smallest absolute Gasteiger partial charge is 0.261 e. The summed E-state index contributed by atoms with van der Waals surface area (Å²) in [5.41, 5.74) is 0. The second kappa shape index (κ2) is 5.61. The van der Waals surface area contributed by atoms with Crippen LogP contribution < -0.4 is 10.0 Å². The number of thiophene rings is 1. The molecule has 0 saturated heterocycles. The first kappa shape index (κ1) is 14.1. The van der Waals surface area contributed by atoms with E-state index in [0.717, 1.165) is 11.3 Å². The number of carbonyl (C=O) groups is 1. The van der Waals surface area contributed by atoms with Crippen molar-refractivity contribution in [2.75, 3.05) is 7.05 Å². The van der Waals surface area contributed by atoms with Crippen molar-refractivity contribution in [3.63, 3.8) is 0 Å². The molecule has 96 valence electrons. The fourth-order valence-corrected chi connectivity index (χ4v) is 3.66. The van der Waals surface area contributed by atoms with E-state index in [1.54, 1.807) is 6.92 Å². The molecule has 7 heteroatoms. The summed E-state index contributed by atoms with van der Waals surface area (Å²) in [7, 11) is -2.00. The Labute approximate surface area is 105 Å². The minimum Gasteiger partial charge on any atom is -0.354 e. The van der Waals surface area contributed by atoms with Gasteiger partial charge in [0.1, 0.15) is 0 Å². The van der Waals surface area contributed by atoms with Crippen molar-refractivity contribution in [2.45, 2.75) is 31.2 Å². The highest BCUT2D eigenvalue weighted by molar-refractivity contribution is 7.89. The van der Waals surface area contributed by atoms with Crippen LogP contribution in [0, 0.1) is 0 Å². The predicted molar refractivity (Wildman–Crippen MR) is 67.8 cm³/mol. The first-order valence-corrected chi connectivity index (χ1v) is 7.60. The van der Waals surface area contributed by atoms with Crippen molar-refractivity contribution in [1.82, 2.24) is 10.0 Å². The van der Waals surface area contributed by atoms with E-state index in [-0.39, 0.29) is 16.8 Å². The van der Waals surface area contributed by atoms with Crippen LogP contribution in [0.15, 0.2) is 16.3 Å². The highest BCUT2D eigenvalue weighted by Crippen LogP contribution is 2.19. The first-order valence-electron chi connectivity index (χ1n) is 5.23. The Kier molecular flexibility index (Phi) is 4.67. The van der Waals surface area contributed by atoms with Gasteiger partial charge in [0.15, 0.2) is 0 Å². The van der Waals surface area contributed by atoms with Crippen LogP contribution in [-0.2, 0) is 10.0 Å². The van der Waals surface area contributed by atoms with Crippen molar-refractivity contribution in [1.29, 1.82) is 0 Å². The summed E-state index contributed by atoms with van der Waals surface area (Å²) in [6, 6.07) is 1.26. The van der Waals surface area contributed by atoms with E-state index in [4.69, 9.17) is 0 Å². The third-order valence-corrected chi connectivity index (χ3v) is 4.95. The van der Waals surface area contributed by atoms with Gasteiger partial charge in [-0.1, -0.05) is 6.92 Å². The molecule has 1 aromatic heterocycles. The van der Waals surface area contributed by atoms with Gasteiger partial charge in [0.25, 0.3) is 5.91 Å². The molecule has 0 aromatic carbocycles. The van der Waals surface area contributed by atoms with Crippen molar-refractivity contribution < 1.29 is 13.2 Å². The van der Waals surface area contributed by atoms with Gasteiger partial charge in [-0.05, 0) is 19.4 Å². The van der Waals surface area contributed by atoms with Crippen LogP contribution in [0.3, 0.4) is 0 Å². The van der Waals surface area contributed by atoms with Crippen molar-refractivity contribution in [2.24, 2.45) is 0 Å². The minimum atomic E-state index is -3.51. The molecule has 5 nitrogen and oxygen atoms in total. The minimum absolute atomic E-state index is 0.122. The van der Waals surface area contributed by atoms with Gasteiger partial charge in [-0.15, -0.1) is 11.3 Å². The number of amides is 1. The maximum absolute atomic E-state index is 11.9. The average Bonchev–Trinajstić information content (AvgIpc) is 2.77. The molecule has 0 aliphatic rings. The van der Waals surface area contributed by atoms with Crippen molar-refractivity contribution in [3.05, 3.63) is 16.3 Å². The van der Waals surface area contributed by atoms with E-state index in [1.807, 2.05) is 6.92 Å². The zero-order valence-corrected chi connectivity index (χ0v) is 11.6. The molecule has 1 amide bonds. The van der Waals surface area contributed by atoms with Gasteiger partial charge in [-0.3, -0.25) is 4.79 Å². The predicted octanol–water partition coefficient (Wildman–Crippen LogP) is 1.18. The Hall–Kier alpha value is -0.920. The van der Waals surface area contributed by atoms with Gasteiger partial charge < -0.3 is 5.32 Å². The quantitative estimate of drug-likeness (QED) is 0.848. The number of rotatable bonds is 5. The summed E-state index contributed by atoms with van der Waals surface area (Å²) in [6.07, 6.45) is 0.714. The molecular formula is C10H16N2O3S2. The molecule has 0 spiro atoms. The van der Waals surface area contributed by atoms with Crippen molar-refractivity contribution >= 4 is 27.3 Å². The van der Waals surface area contributed by atoms with Gasteiger partial charge in [-0.25, -0.2) is 13.1 Å². The lowest BCUT2D eigenvalue weighted by Gasteiger charge is -2.10. The average molecular weight is 276 g/mol. The van der Waals surface area contributed by atoms with Gasteiger partial charge >= 0.3 is 0 Å². The number of hydrogen-bond donors (Lipinski definition) is 2. The lowest BCUT2D eigenvalue weighted by Crippen LogP contribution is -2.31. The van der Waals surface area contributed by atoms with Crippen molar-refractivity contribution in [3.8, 4) is 0 Å². The summed E-state index contributed by atoms with van der Waals surface area (Å²) < 4.78 is 26.3. The van der Waals surface area contributed by atoms with Gasteiger partial charge in [0, 0.05) is 18.5 Å². The van der Waals surface area contributed by atoms with Crippen LogP contribution in [0.4, 0.5) is 0 Å². The fraction of sp³-hybridized carbons (Fsp3) is 0.500. The van der Waals surface area contributed by atoms with E-state index in [2.05, 4.69) is 10.0 Å². The molecule has 1 atom stereocenters. The standard InChI is InChI=1S/C10H16N2O3S2/c1-4-7(2)12-17(14,15)8-5-9(16-6-8)10(13)11-3/h5-7,12H,4H2,1-3H3,(H,11,13). The lowest BCUT2D eigenvalue weighted by atomic mass is 10.3. The Bertz CT molecular complexity index is 493. The monoisotopic (exact) mass is 276 g/mol. The van der Waals surface area contributed by atoms with Crippen LogP contribution in [0.5, 0.6) is 0 Å². The second-order valence-electron chi connectivity index (χ2n) is 3.66. The number of nitrogens with one attached hydrogen (secondary N) is 2. The maximum atomic E-state index is 11.9. The summed E-state index contributed by atoms with van der Waals surface area (Å²) in [6.45, 7) is 3.69. The third-order valence-electron chi connectivity index (χ3n) is 2.31. The maximum Gasteiger partial charge on any atom is 0.261 e. The molecule has 0 aliphatic carbocycles. The molecule has 17 heavy (non-hydrogen) atoms. The molecule has 1 rings (SSSR count). The Morgan fingerprint density at radius 2 is 2.18 bits per heavy atom. The molecule has 1 aromatic rings. The molecular weight excluding hydrogens is 260 g/mol. The Morgan fingerprint density at radius 1 is 1.53 bits per heavy atom. The van der Waals surface area contributed by atoms with E-state index >= 15 is 0 Å². The highest BCUT2D eigenvalue weighted by Gasteiger charge is 2.19.